The molecule has 2 heterocycles. The molecule has 0 saturated carbocycles. The molecule has 3 aromatic rings. The Hall–Kier alpha value is -1.81. The molecule has 126 valence electrons. The molecule has 0 aliphatic carbocycles. The number of allylic oxidation sites excluding steroid dienone is 1. The van der Waals surface area contributed by atoms with E-state index in [-0.39, 0.29) is 0 Å². The zero-order valence-corrected chi connectivity index (χ0v) is 16.2. The topological polar surface area (TPSA) is 21.1 Å². The summed E-state index contributed by atoms with van der Waals surface area (Å²) in [6.45, 7) is 9.45. The number of rotatable bonds is 6. The van der Waals surface area contributed by atoms with Crippen LogP contribution in [0.25, 0.3) is 21.8 Å². The Kier molecular flexibility index (Phi) is 5.24. The Balaban J connectivity index is 2.08. The zero-order chi connectivity index (χ0) is 17.1. The van der Waals surface area contributed by atoms with E-state index < -0.39 is 0 Å². The van der Waals surface area contributed by atoms with Crippen molar-refractivity contribution in [3.8, 4) is 0 Å². The van der Waals surface area contributed by atoms with Crippen molar-refractivity contribution >= 4 is 37.7 Å². The van der Waals surface area contributed by atoms with Crippen LogP contribution < -0.4 is 0 Å². The van der Waals surface area contributed by atoms with E-state index in [1.807, 2.05) is 6.20 Å². The van der Waals surface area contributed by atoms with Crippen molar-refractivity contribution in [3.63, 3.8) is 0 Å². The summed E-state index contributed by atoms with van der Waals surface area (Å²) < 4.78 is 3.54. The highest BCUT2D eigenvalue weighted by Crippen LogP contribution is 2.32. The molecule has 0 amide bonds. The van der Waals surface area contributed by atoms with Gasteiger partial charge in [-0.1, -0.05) is 28.9 Å². The van der Waals surface area contributed by atoms with Crippen LogP contribution in [0.2, 0.25) is 0 Å². The van der Waals surface area contributed by atoms with Gasteiger partial charge in [0.15, 0.2) is 0 Å². The highest BCUT2D eigenvalue weighted by Gasteiger charge is 2.13. The van der Waals surface area contributed by atoms with Gasteiger partial charge in [0.05, 0.1) is 11.2 Å². The van der Waals surface area contributed by atoms with Gasteiger partial charge in [-0.25, -0.2) is 0 Å². The van der Waals surface area contributed by atoms with Crippen molar-refractivity contribution in [1.29, 1.82) is 0 Å². The van der Waals surface area contributed by atoms with Crippen LogP contribution in [0.1, 0.15) is 26.0 Å². The Morgan fingerprint density at radius 2 is 2.04 bits per heavy atom. The lowest BCUT2D eigenvalue weighted by atomic mass is 10.2. The molecular formula is C20H24BrN3. The number of halogens is 1. The van der Waals surface area contributed by atoms with Gasteiger partial charge < -0.3 is 9.47 Å². The van der Waals surface area contributed by atoms with Crippen molar-refractivity contribution < 1.29 is 0 Å². The van der Waals surface area contributed by atoms with Gasteiger partial charge in [-0.3, -0.25) is 4.98 Å². The van der Waals surface area contributed by atoms with Crippen molar-refractivity contribution in [2.24, 2.45) is 0 Å². The van der Waals surface area contributed by atoms with Crippen LogP contribution in [0, 0.1) is 6.92 Å². The predicted molar refractivity (Wildman–Crippen MR) is 106 cm³/mol. The molecule has 24 heavy (non-hydrogen) atoms. The molecule has 0 bridgehead atoms. The molecular weight excluding hydrogens is 362 g/mol. The summed E-state index contributed by atoms with van der Waals surface area (Å²) in [5, 5.41) is 2.57. The van der Waals surface area contributed by atoms with Gasteiger partial charge >= 0.3 is 0 Å². The highest BCUT2D eigenvalue weighted by molar-refractivity contribution is 9.10. The van der Waals surface area contributed by atoms with E-state index in [1.54, 1.807) is 0 Å². The van der Waals surface area contributed by atoms with Crippen molar-refractivity contribution in [1.82, 2.24) is 14.5 Å². The number of fused-ring (bicyclic) bond motifs is 3. The molecule has 0 aliphatic rings. The first kappa shape index (κ1) is 17.0. The lowest BCUT2D eigenvalue weighted by molar-refractivity contribution is 0.360. The quantitative estimate of drug-likeness (QED) is 0.557. The van der Waals surface area contributed by atoms with Gasteiger partial charge in [0.2, 0.25) is 0 Å². The maximum absolute atomic E-state index is 4.53. The minimum atomic E-state index is 0.957. The molecule has 2 aromatic heterocycles. The molecule has 0 radical (unpaired) electrons. The first-order chi connectivity index (χ1) is 11.7. The highest BCUT2D eigenvalue weighted by atomic mass is 79.9. The fourth-order valence-electron chi connectivity index (χ4n) is 3.42. The van der Waals surface area contributed by atoms with Crippen LogP contribution in [0.4, 0.5) is 0 Å². The summed E-state index contributed by atoms with van der Waals surface area (Å²) >= 11 is 3.61. The number of aryl methyl sites for hydroxylation is 1. The van der Waals surface area contributed by atoms with E-state index in [0.717, 1.165) is 36.2 Å². The van der Waals surface area contributed by atoms with E-state index >= 15 is 0 Å². The minimum Gasteiger partial charge on any atom is -0.376 e. The van der Waals surface area contributed by atoms with Gasteiger partial charge in [0, 0.05) is 46.6 Å². The van der Waals surface area contributed by atoms with Gasteiger partial charge in [-0.05, 0) is 50.7 Å². The molecule has 0 unspecified atom stereocenters. The van der Waals surface area contributed by atoms with Crippen LogP contribution in [0.5, 0.6) is 0 Å². The van der Waals surface area contributed by atoms with Gasteiger partial charge in [-0.2, -0.15) is 0 Å². The summed E-state index contributed by atoms with van der Waals surface area (Å²) in [6, 6.07) is 8.67. The largest absolute Gasteiger partial charge is 0.376 e. The molecule has 0 fully saturated rings. The standard InChI is InChI=1S/C20H24BrN3/c1-4-10-23(11-5-2)12-13-24-19-7-6-16(21)14-18(19)17-8-9-22-15(3)20(17)24/h4,6-10,14H,5,11-13H2,1-3H3. The second-order valence-electron chi connectivity index (χ2n) is 6.12. The molecule has 0 saturated heterocycles. The third-order valence-corrected chi connectivity index (χ3v) is 4.89. The van der Waals surface area contributed by atoms with E-state index in [4.69, 9.17) is 0 Å². The Morgan fingerprint density at radius 3 is 2.79 bits per heavy atom. The van der Waals surface area contributed by atoms with E-state index in [0.29, 0.717) is 0 Å². The lowest BCUT2D eigenvalue weighted by Gasteiger charge is -2.20. The Labute approximate surface area is 152 Å². The third kappa shape index (κ3) is 3.20. The average molecular weight is 386 g/mol. The monoisotopic (exact) mass is 385 g/mol. The van der Waals surface area contributed by atoms with Crippen molar-refractivity contribution in [2.75, 3.05) is 13.1 Å². The molecule has 0 N–H and O–H groups in total. The van der Waals surface area contributed by atoms with Crippen molar-refractivity contribution in [2.45, 2.75) is 33.7 Å². The van der Waals surface area contributed by atoms with Crippen molar-refractivity contribution in [3.05, 3.63) is 52.9 Å². The summed E-state index contributed by atoms with van der Waals surface area (Å²) in [5.74, 6) is 0. The average Bonchev–Trinajstić information content (AvgIpc) is 2.88. The fraction of sp³-hybridized carbons (Fsp3) is 0.350. The normalized spacial score (nSPS) is 11.8. The molecule has 0 atom stereocenters. The number of pyridine rings is 1. The lowest BCUT2D eigenvalue weighted by Crippen LogP contribution is -2.23. The molecule has 3 nitrogen and oxygen atoms in total. The van der Waals surface area contributed by atoms with Crippen LogP contribution in [0.15, 0.2) is 47.2 Å². The smallest absolute Gasteiger partial charge is 0.0708 e. The van der Waals surface area contributed by atoms with E-state index in [9.17, 15) is 0 Å². The zero-order valence-electron chi connectivity index (χ0n) is 14.6. The molecule has 0 aliphatic heterocycles. The fourth-order valence-corrected chi connectivity index (χ4v) is 3.78. The van der Waals surface area contributed by atoms with E-state index in [2.05, 4.69) is 87.7 Å². The number of nitrogens with zero attached hydrogens (tertiary/aromatic N) is 3. The van der Waals surface area contributed by atoms with Gasteiger partial charge in [0.25, 0.3) is 0 Å². The van der Waals surface area contributed by atoms with Gasteiger partial charge in [-0.15, -0.1) is 0 Å². The number of hydrogen-bond donors (Lipinski definition) is 0. The molecule has 3 rings (SSSR count). The van der Waals surface area contributed by atoms with Crippen LogP contribution in [0.3, 0.4) is 0 Å². The third-order valence-electron chi connectivity index (χ3n) is 4.40. The van der Waals surface area contributed by atoms with Crippen LogP contribution >= 0.6 is 15.9 Å². The summed E-state index contributed by atoms with van der Waals surface area (Å²) in [7, 11) is 0. The maximum atomic E-state index is 4.53. The minimum absolute atomic E-state index is 0.957. The van der Waals surface area contributed by atoms with Gasteiger partial charge in [0.1, 0.15) is 0 Å². The van der Waals surface area contributed by atoms with Crippen LogP contribution in [-0.4, -0.2) is 27.5 Å². The predicted octanol–water partition coefficient (Wildman–Crippen LogP) is 5.51. The summed E-state index contributed by atoms with van der Waals surface area (Å²) in [4.78, 5) is 6.92. The first-order valence-electron chi connectivity index (χ1n) is 8.55. The number of aromatic nitrogens is 2. The summed E-state index contributed by atoms with van der Waals surface area (Å²) in [5.41, 5.74) is 3.62. The number of hydrogen-bond acceptors (Lipinski definition) is 2. The summed E-state index contributed by atoms with van der Waals surface area (Å²) in [6.07, 6.45) is 7.38. The van der Waals surface area contributed by atoms with Crippen LogP contribution in [-0.2, 0) is 6.54 Å². The molecule has 1 aromatic carbocycles. The molecule has 4 heteroatoms. The second-order valence-corrected chi connectivity index (χ2v) is 7.04. The Morgan fingerprint density at radius 1 is 1.21 bits per heavy atom. The number of benzene rings is 1. The maximum Gasteiger partial charge on any atom is 0.0708 e. The second kappa shape index (κ2) is 7.39. The molecule has 0 spiro atoms. The van der Waals surface area contributed by atoms with E-state index in [1.165, 1.54) is 21.8 Å². The first-order valence-corrected chi connectivity index (χ1v) is 9.35. The Bertz CT molecular complexity index is 879. The SMILES string of the molecule is CC=CN(CCC)CCn1c2ccc(Br)cc2c2ccnc(C)c21.